The van der Waals surface area contributed by atoms with Gasteiger partial charge < -0.3 is 5.11 Å². The third-order valence-electron chi connectivity index (χ3n) is 2.30. The van der Waals surface area contributed by atoms with Crippen LogP contribution in [0.15, 0.2) is 0 Å². The van der Waals surface area contributed by atoms with Gasteiger partial charge >= 0.3 is 5.97 Å². The van der Waals surface area contributed by atoms with E-state index in [-0.39, 0.29) is 17.3 Å². The Balaban J connectivity index is 2.73. The zero-order chi connectivity index (χ0) is 8.65. The Morgan fingerprint density at radius 1 is 1.64 bits per heavy atom. The summed E-state index contributed by atoms with van der Waals surface area (Å²) in [5.41, 5.74) is -0.201. The van der Waals surface area contributed by atoms with Crippen molar-refractivity contribution < 1.29 is 9.90 Å². The summed E-state index contributed by atoms with van der Waals surface area (Å²) in [6.07, 6.45) is 0. The molecule has 60 valence electrons. The predicted octanol–water partition coefficient (Wildman–Crippen LogP) is 1.54. The molecule has 0 aromatic rings. The van der Waals surface area contributed by atoms with Gasteiger partial charge in [-0.15, -0.1) is 0 Å². The fraction of sp³-hybridized carbons (Fsp3) is 0.625. The van der Waals surface area contributed by atoms with Crippen molar-refractivity contribution in [1.29, 1.82) is 0 Å². The highest BCUT2D eigenvalue weighted by atomic mass is 35.5. The van der Waals surface area contributed by atoms with Crippen molar-refractivity contribution in [2.75, 3.05) is 0 Å². The highest BCUT2D eigenvalue weighted by molar-refractivity contribution is 6.30. The van der Waals surface area contributed by atoms with E-state index in [0.29, 0.717) is 0 Å². The SMILES string of the molecule is CC1(C)C(C#CCl)C1C(=O)O. The molecule has 2 unspecified atom stereocenters. The standard InChI is InChI=1S/C8H9ClO2/c1-8(2)5(3-4-9)6(8)7(10)11/h5-6H,1-2H3,(H,10,11). The van der Waals surface area contributed by atoms with Crippen LogP contribution in [0.4, 0.5) is 0 Å². The van der Waals surface area contributed by atoms with E-state index in [1.54, 1.807) is 0 Å². The van der Waals surface area contributed by atoms with Crippen molar-refractivity contribution in [3.63, 3.8) is 0 Å². The van der Waals surface area contributed by atoms with Crippen LogP contribution in [0.3, 0.4) is 0 Å². The summed E-state index contributed by atoms with van der Waals surface area (Å²) in [4.78, 5) is 10.6. The number of carboxylic acid groups (broad SMARTS) is 1. The van der Waals surface area contributed by atoms with Gasteiger partial charge in [0.05, 0.1) is 5.92 Å². The van der Waals surface area contributed by atoms with Gasteiger partial charge in [0.25, 0.3) is 0 Å². The van der Waals surface area contributed by atoms with Crippen molar-refractivity contribution in [2.24, 2.45) is 17.3 Å². The Morgan fingerprint density at radius 3 is 2.45 bits per heavy atom. The molecule has 0 aliphatic heterocycles. The van der Waals surface area contributed by atoms with Crippen molar-refractivity contribution in [1.82, 2.24) is 0 Å². The first-order valence-electron chi connectivity index (χ1n) is 3.35. The Labute approximate surface area is 70.5 Å². The smallest absolute Gasteiger partial charge is 0.308 e. The molecule has 0 saturated heterocycles. The second kappa shape index (κ2) is 2.42. The highest BCUT2D eigenvalue weighted by Gasteiger charge is 2.61. The third-order valence-corrected chi connectivity index (χ3v) is 2.41. The molecule has 0 bridgehead atoms. The topological polar surface area (TPSA) is 37.3 Å². The number of aliphatic carboxylic acids is 1. The van der Waals surface area contributed by atoms with E-state index in [1.165, 1.54) is 0 Å². The van der Waals surface area contributed by atoms with Crippen LogP contribution in [0.25, 0.3) is 0 Å². The first kappa shape index (κ1) is 8.42. The zero-order valence-electron chi connectivity index (χ0n) is 6.39. The molecule has 1 aliphatic carbocycles. The van der Waals surface area contributed by atoms with Gasteiger partial charge in [0.2, 0.25) is 0 Å². The average molecular weight is 173 g/mol. The average Bonchev–Trinajstić information content (AvgIpc) is 2.35. The van der Waals surface area contributed by atoms with Gasteiger partial charge in [-0.2, -0.15) is 0 Å². The zero-order valence-corrected chi connectivity index (χ0v) is 7.14. The summed E-state index contributed by atoms with van der Waals surface area (Å²) in [7, 11) is 0. The van der Waals surface area contributed by atoms with Crippen molar-refractivity contribution in [2.45, 2.75) is 13.8 Å². The molecule has 1 aliphatic rings. The normalized spacial score (nSPS) is 31.9. The highest BCUT2D eigenvalue weighted by Crippen LogP contribution is 2.57. The van der Waals surface area contributed by atoms with Gasteiger partial charge in [-0.1, -0.05) is 19.8 Å². The van der Waals surface area contributed by atoms with Crippen molar-refractivity contribution >= 4 is 17.6 Å². The molecule has 0 heterocycles. The Bertz CT molecular complexity index is 247. The van der Waals surface area contributed by atoms with Gasteiger partial charge in [-0.3, -0.25) is 4.79 Å². The van der Waals surface area contributed by atoms with Crippen LogP contribution in [-0.2, 0) is 4.79 Å². The van der Waals surface area contributed by atoms with Crippen LogP contribution in [0.2, 0.25) is 0 Å². The maximum atomic E-state index is 10.6. The van der Waals surface area contributed by atoms with E-state index < -0.39 is 5.97 Å². The Kier molecular flexibility index (Phi) is 1.85. The molecule has 3 heteroatoms. The summed E-state index contributed by atoms with van der Waals surface area (Å²) in [5, 5.41) is 10.9. The van der Waals surface area contributed by atoms with Gasteiger partial charge in [-0.05, 0) is 17.0 Å². The maximum Gasteiger partial charge on any atom is 0.308 e. The van der Waals surface area contributed by atoms with Gasteiger partial charge in [0, 0.05) is 11.3 Å². The summed E-state index contributed by atoms with van der Waals surface area (Å²) in [6, 6.07) is 0. The summed E-state index contributed by atoms with van der Waals surface area (Å²) in [5.74, 6) is 1.49. The molecule has 1 fully saturated rings. The molecular weight excluding hydrogens is 164 g/mol. The minimum absolute atomic E-state index is 0.0718. The van der Waals surface area contributed by atoms with Crippen LogP contribution in [0, 0.1) is 28.6 Å². The summed E-state index contributed by atoms with van der Waals surface area (Å²) in [6.45, 7) is 3.77. The molecule has 0 amide bonds. The minimum atomic E-state index is -0.778. The molecule has 1 rings (SSSR count). The van der Waals surface area contributed by atoms with Gasteiger partial charge in [0.15, 0.2) is 0 Å². The molecule has 1 N–H and O–H groups in total. The molecule has 1 saturated carbocycles. The summed E-state index contributed by atoms with van der Waals surface area (Å²) >= 11 is 5.18. The maximum absolute atomic E-state index is 10.6. The monoisotopic (exact) mass is 172 g/mol. The molecule has 2 nitrogen and oxygen atoms in total. The van der Waals surface area contributed by atoms with E-state index in [9.17, 15) is 4.79 Å². The van der Waals surface area contributed by atoms with Gasteiger partial charge in [-0.25, -0.2) is 0 Å². The molecule has 0 aromatic carbocycles. The fourth-order valence-electron chi connectivity index (χ4n) is 1.43. The number of carbonyl (C=O) groups is 1. The third kappa shape index (κ3) is 1.21. The van der Waals surface area contributed by atoms with Crippen LogP contribution < -0.4 is 0 Å². The van der Waals surface area contributed by atoms with E-state index in [2.05, 4.69) is 11.3 Å². The lowest BCUT2D eigenvalue weighted by molar-refractivity contribution is -0.139. The van der Waals surface area contributed by atoms with Crippen LogP contribution in [0.5, 0.6) is 0 Å². The summed E-state index contributed by atoms with van der Waals surface area (Å²) < 4.78 is 0. The lowest BCUT2D eigenvalue weighted by atomic mass is 10.1. The minimum Gasteiger partial charge on any atom is -0.481 e. The Morgan fingerprint density at radius 2 is 2.18 bits per heavy atom. The quantitative estimate of drug-likeness (QED) is 0.610. The number of carboxylic acids is 1. The Hall–Kier alpha value is -0.680. The van der Waals surface area contributed by atoms with Crippen molar-refractivity contribution in [3.05, 3.63) is 0 Å². The number of hydrogen-bond donors (Lipinski definition) is 1. The lowest BCUT2D eigenvalue weighted by Crippen LogP contribution is -2.02. The van der Waals surface area contributed by atoms with Crippen LogP contribution in [0.1, 0.15) is 13.8 Å². The first-order valence-corrected chi connectivity index (χ1v) is 3.73. The lowest BCUT2D eigenvalue weighted by Gasteiger charge is -1.94. The second-order valence-corrected chi connectivity index (χ2v) is 3.54. The molecular formula is C8H9ClO2. The fourth-order valence-corrected chi connectivity index (χ4v) is 1.54. The van der Waals surface area contributed by atoms with Crippen LogP contribution in [-0.4, -0.2) is 11.1 Å². The van der Waals surface area contributed by atoms with Crippen LogP contribution >= 0.6 is 11.6 Å². The largest absolute Gasteiger partial charge is 0.481 e. The number of rotatable bonds is 1. The van der Waals surface area contributed by atoms with E-state index in [0.717, 1.165) is 0 Å². The molecule has 11 heavy (non-hydrogen) atoms. The second-order valence-electron chi connectivity index (χ2n) is 3.35. The van der Waals surface area contributed by atoms with Crippen molar-refractivity contribution in [3.8, 4) is 11.3 Å². The molecule has 0 aromatic heterocycles. The molecule has 0 radical (unpaired) electrons. The van der Waals surface area contributed by atoms with E-state index >= 15 is 0 Å². The number of hydrogen-bond acceptors (Lipinski definition) is 1. The number of halogens is 1. The molecule has 0 spiro atoms. The predicted molar refractivity (Wildman–Crippen MR) is 42.0 cm³/mol. The van der Waals surface area contributed by atoms with E-state index in [1.807, 2.05) is 13.8 Å². The van der Waals surface area contributed by atoms with Gasteiger partial charge in [0.1, 0.15) is 0 Å². The first-order chi connectivity index (χ1) is 5.01. The van der Waals surface area contributed by atoms with E-state index in [4.69, 9.17) is 16.7 Å². The molecule has 2 atom stereocenters.